The zero-order valence-corrected chi connectivity index (χ0v) is 15.4. The molecule has 1 heterocycles. The maximum Gasteiger partial charge on any atom is 0.573 e. The molecule has 0 aliphatic heterocycles. The molecule has 2 aromatic carbocycles. The highest BCUT2D eigenvalue weighted by molar-refractivity contribution is 5.89. The highest BCUT2D eigenvalue weighted by Crippen LogP contribution is 2.28. The number of ether oxygens (including phenoxy) is 2. The van der Waals surface area contributed by atoms with Gasteiger partial charge in [-0.25, -0.2) is 14.8 Å². The lowest BCUT2D eigenvalue weighted by Gasteiger charge is -2.11. The van der Waals surface area contributed by atoms with Crippen LogP contribution in [0.15, 0.2) is 54.7 Å². The van der Waals surface area contributed by atoms with Gasteiger partial charge in [0.2, 0.25) is 5.95 Å². The highest BCUT2D eigenvalue weighted by atomic mass is 19.4. The first-order valence-electron chi connectivity index (χ1n) is 8.40. The number of halogens is 3. The van der Waals surface area contributed by atoms with E-state index in [1.165, 1.54) is 31.4 Å². The number of hydrogen-bond donors (Lipinski definition) is 1. The molecule has 0 bridgehead atoms. The second kappa shape index (κ2) is 8.17. The number of benzene rings is 2. The number of aryl methyl sites for hydroxylation is 1. The van der Waals surface area contributed by atoms with Gasteiger partial charge in [-0.2, -0.15) is 0 Å². The molecular weight excluding hydrogens is 387 g/mol. The first-order valence-corrected chi connectivity index (χ1v) is 8.40. The monoisotopic (exact) mass is 403 g/mol. The topological polar surface area (TPSA) is 73.3 Å². The molecule has 0 fully saturated rings. The van der Waals surface area contributed by atoms with E-state index in [2.05, 4.69) is 24.8 Å². The smallest absolute Gasteiger partial charge is 0.465 e. The van der Waals surface area contributed by atoms with Crippen molar-refractivity contribution in [2.45, 2.75) is 13.3 Å². The Morgan fingerprint density at radius 2 is 1.69 bits per heavy atom. The molecule has 0 spiro atoms. The molecule has 0 atom stereocenters. The summed E-state index contributed by atoms with van der Waals surface area (Å²) in [6, 6.07) is 12.0. The minimum Gasteiger partial charge on any atom is -0.465 e. The molecule has 0 unspecified atom stereocenters. The third-order valence-corrected chi connectivity index (χ3v) is 3.90. The standard InChI is InChI=1S/C20H16F3N3O3/c1-12-11-24-19(25-15-7-3-14(4-8-15)18(27)28-2)26-17(12)13-5-9-16(10-6-13)29-20(21,22)23/h3-11H,1-2H3,(H,24,25,26). The molecule has 0 saturated heterocycles. The quantitative estimate of drug-likeness (QED) is 0.612. The Morgan fingerprint density at radius 3 is 2.28 bits per heavy atom. The summed E-state index contributed by atoms with van der Waals surface area (Å²) in [4.78, 5) is 20.1. The molecule has 0 saturated carbocycles. The summed E-state index contributed by atoms with van der Waals surface area (Å²) in [7, 11) is 1.30. The van der Waals surface area contributed by atoms with Gasteiger partial charge in [-0.05, 0) is 61.0 Å². The predicted octanol–water partition coefficient (Wildman–Crippen LogP) is 4.88. The molecule has 3 rings (SSSR count). The van der Waals surface area contributed by atoms with E-state index in [0.717, 1.165) is 5.56 Å². The van der Waals surface area contributed by atoms with Crippen LogP contribution in [0.25, 0.3) is 11.3 Å². The van der Waals surface area contributed by atoms with Gasteiger partial charge < -0.3 is 14.8 Å². The van der Waals surface area contributed by atoms with Crippen molar-refractivity contribution in [2.75, 3.05) is 12.4 Å². The van der Waals surface area contributed by atoms with Gasteiger partial charge in [0.15, 0.2) is 0 Å². The zero-order chi connectivity index (χ0) is 21.0. The largest absolute Gasteiger partial charge is 0.573 e. The van der Waals surface area contributed by atoms with Crippen molar-refractivity contribution in [3.05, 3.63) is 65.9 Å². The molecule has 29 heavy (non-hydrogen) atoms. The van der Waals surface area contributed by atoms with Crippen molar-refractivity contribution in [3.8, 4) is 17.0 Å². The van der Waals surface area contributed by atoms with Gasteiger partial charge in [0, 0.05) is 17.4 Å². The summed E-state index contributed by atoms with van der Waals surface area (Å²) in [5.41, 5.74) is 2.99. The molecule has 1 aromatic heterocycles. The highest BCUT2D eigenvalue weighted by Gasteiger charge is 2.31. The minimum absolute atomic E-state index is 0.298. The van der Waals surface area contributed by atoms with E-state index in [1.807, 2.05) is 0 Å². The fourth-order valence-corrected chi connectivity index (χ4v) is 2.55. The van der Waals surface area contributed by atoms with E-state index in [4.69, 9.17) is 0 Å². The third-order valence-electron chi connectivity index (χ3n) is 3.90. The Kier molecular flexibility index (Phi) is 5.67. The number of hydrogen-bond acceptors (Lipinski definition) is 6. The summed E-state index contributed by atoms with van der Waals surface area (Å²) in [5, 5.41) is 3.02. The summed E-state index contributed by atoms with van der Waals surface area (Å²) in [6.45, 7) is 1.80. The Labute approximate surface area is 164 Å². The second-order valence-corrected chi connectivity index (χ2v) is 5.99. The lowest BCUT2D eigenvalue weighted by atomic mass is 10.1. The van der Waals surface area contributed by atoms with Crippen LogP contribution in [0, 0.1) is 6.92 Å². The molecule has 0 radical (unpaired) electrons. The Bertz CT molecular complexity index is 1000. The van der Waals surface area contributed by atoms with E-state index >= 15 is 0 Å². The number of carbonyl (C=O) groups is 1. The molecule has 3 aromatic rings. The van der Waals surface area contributed by atoms with E-state index in [-0.39, 0.29) is 5.75 Å². The fraction of sp³-hybridized carbons (Fsp3) is 0.150. The molecule has 0 aliphatic carbocycles. The van der Waals surface area contributed by atoms with Crippen LogP contribution in [0.1, 0.15) is 15.9 Å². The Balaban J connectivity index is 1.80. The first kappa shape index (κ1) is 20.1. The second-order valence-electron chi connectivity index (χ2n) is 5.99. The fourth-order valence-electron chi connectivity index (χ4n) is 2.55. The van der Waals surface area contributed by atoms with Gasteiger partial charge in [0.05, 0.1) is 18.4 Å². The maximum atomic E-state index is 12.3. The van der Waals surface area contributed by atoms with E-state index in [9.17, 15) is 18.0 Å². The van der Waals surface area contributed by atoms with Crippen molar-refractivity contribution in [1.29, 1.82) is 0 Å². The summed E-state index contributed by atoms with van der Waals surface area (Å²) in [5.74, 6) is -0.451. The third kappa shape index (κ3) is 5.22. The summed E-state index contributed by atoms with van der Waals surface area (Å²) >= 11 is 0. The Hall–Kier alpha value is -3.62. The van der Waals surface area contributed by atoms with Gasteiger partial charge >= 0.3 is 12.3 Å². The van der Waals surface area contributed by atoms with Crippen LogP contribution in [0.4, 0.5) is 24.8 Å². The lowest BCUT2D eigenvalue weighted by molar-refractivity contribution is -0.274. The number of aromatic nitrogens is 2. The van der Waals surface area contributed by atoms with Gasteiger partial charge in [-0.1, -0.05) is 0 Å². The van der Waals surface area contributed by atoms with Gasteiger partial charge in [0.25, 0.3) is 0 Å². The van der Waals surface area contributed by atoms with Crippen LogP contribution in [0.5, 0.6) is 5.75 Å². The average Bonchev–Trinajstić information content (AvgIpc) is 2.69. The molecule has 0 amide bonds. The summed E-state index contributed by atoms with van der Waals surface area (Å²) in [6.07, 6.45) is -3.14. The number of anilines is 2. The van der Waals surface area contributed by atoms with E-state index in [1.54, 1.807) is 37.4 Å². The van der Waals surface area contributed by atoms with Crippen LogP contribution >= 0.6 is 0 Å². The van der Waals surface area contributed by atoms with Crippen molar-refractivity contribution in [3.63, 3.8) is 0 Å². The molecular formula is C20H16F3N3O3. The predicted molar refractivity (Wildman–Crippen MR) is 100.0 cm³/mol. The van der Waals surface area contributed by atoms with Gasteiger partial charge in [0.1, 0.15) is 5.75 Å². The van der Waals surface area contributed by atoms with Gasteiger partial charge in [-0.3, -0.25) is 0 Å². The van der Waals surface area contributed by atoms with Crippen molar-refractivity contribution in [1.82, 2.24) is 9.97 Å². The number of alkyl halides is 3. The SMILES string of the molecule is COC(=O)c1ccc(Nc2ncc(C)c(-c3ccc(OC(F)(F)F)cc3)n2)cc1. The summed E-state index contributed by atoms with van der Waals surface area (Å²) < 4.78 is 45.4. The molecule has 9 heteroatoms. The number of carbonyl (C=O) groups excluding carboxylic acids is 1. The van der Waals surface area contributed by atoms with Crippen LogP contribution < -0.4 is 10.1 Å². The number of rotatable bonds is 5. The van der Waals surface area contributed by atoms with E-state index in [0.29, 0.717) is 28.5 Å². The first-order chi connectivity index (χ1) is 13.7. The molecule has 0 aliphatic rings. The van der Waals surface area contributed by atoms with E-state index < -0.39 is 12.3 Å². The molecule has 150 valence electrons. The lowest BCUT2D eigenvalue weighted by Crippen LogP contribution is -2.16. The van der Waals surface area contributed by atoms with Crippen LogP contribution in [-0.2, 0) is 4.74 Å². The number of nitrogens with zero attached hydrogens (tertiary/aromatic N) is 2. The van der Waals surface area contributed by atoms with Crippen LogP contribution in [-0.4, -0.2) is 29.4 Å². The van der Waals surface area contributed by atoms with Gasteiger partial charge in [-0.15, -0.1) is 13.2 Å². The maximum absolute atomic E-state index is 12.3. The van der Waals surface area contributed by atoms with Crippen LogP contribution in [0.2, 0.25) is 0 Å². The number of esters is 1. The van der Waals surface area contributed by atoms with Crippen molar-refractivity contribution < 1.29 is 27.4 Å². The Morgan fingerprint density at radius 1 is 1.03 bits per heavy atom. The van der Waals surface area contributed by atoms with Crippen molar-refractivity contribution >= 4 is 17.6 Å². The number of methoxy groups -OCH3 is 1. The number of nitrogens with one attached hydrogen (secondary N) is 1. The van der Waals surface area contributed by atoms with Crippen LogP contribution in [0.3, 0.4) is 0 Å². The van der Waals surface area contributed by atoms with Crippen molar-refractivity contribution in [2.24, 2.45) is 0 Å². The molecule has 1 N–H and O–H groups in total. The zero-order valence-electron chi connectivity index (χ0n) is 15.4. The normalized spacial score (nSPS) is 11.1. The average molecular weight is 403 g/mol. The minimum atomic E-state index is -4.74. The molecule has 6 nitrogen and oxygen atoms in total.